The molecule has 166 valence electrons. The van der Waals surface area contributed by atoms with Crippen molar-refractivity contribution in [2.45, 2.75) is 26.4 Å². The molecule has 1 N–H and O–H groups in total. The van der Waals surface area contributed by atoms with Crippen LogP contribution in [0.2, 0.25) is 5.02 Å². The van der Waals surface area contributed by atoms with E-state index >= 15 is 0 Å². The highest BCUT2D eigenvalue weighted by atomic mass is 35.5. The molecule has 1 atom stereocenters. The molecule has 0 spiro atoms. The molecular weight excluding hydrogens is 456 g/mol. The van der Waals surface area contributed by atoms with Crippen LogP contribution in [0.15, 0.2) is 76.3 Å². The number of nitrogens with one attached hydrogen (secondary N) is 1. The van der Waals surface area contributed by atoms with Gasteiger partial charge in [-0.25, -0.2) is 4.79 Å². The molecule has 0 aliphatic carbocycles. The number of carbonyl (C=O) groups is 1. The molecule has 3 heterocycles. The Labute approximate surface area is 200 Å². The maximum atomic E-state index is 13.1. The number of halogens is 1. The Morgan fingerprint density at radius 1 is 1.12 bits per heavy atom. The first-order valence-electron chi connectivity index (χ1n) is 10.5. The van der Waals surface area contributed by atoms with E-state index in [1.165, 1.54) is 0 Å². The lowest BCUT2D eigenvalue weighted by Crippen LogP contribution is -2.45. The minimum atomic E-state index is -0.470. The Morgan fingerprint density at radius 3 is 2.67 bits per heavy atom. The van der Waals surface area contributed by atoms with Crippen molar-refractivity contribution in [3.05, 3.63) is 98.7 Å². The molecule has 2 aromatic heterocycles. The number of carbonyl (C=O) groups excluding carboxylic acids is 1. The SMILES string of the molecule is CC1=C(c2nc(-c3ccc(C)cc3)no2)C(c2cccc(Cl)c2)NC(=O)N1Cc1cccs1. The fourth-order valence-corrected chi connectivity index (χ4v) is 4.79. The van der Waals surface area contributed by atoms with Crippen LogP contribution in [0.5, 0.6) is 0 Å². The maximum Gasteiger partial charge on any atom is 0.322 e. The quantitative estimate of drug-likeness (QED) is 0.359. The van der Waals surface area contributed by atoms with Crippen molar-refractivity contribution in [2.24, 2.45) is 0 Å². The van der Waals surface area contributed by atoms with Gasteiger partial charge in [0.05, 0.1) is 18.2 Å². The van der Waals surface area contributed by atoms with E-state index in [9.17, 15) is 4.79 Å². The number of nitrogens with zero attached hydrogens (tertiary/aromatic N) is 3. The van der Waals surface area contributed by atoms with Gasteiger partial charge in [0, 0.05) is 21.2 Å². The van der Waals surface area contributed by atoms with Crippen molar-refractivity contribution < 1.29 is 9.32 Å². The largest absolute Gasteiger partial charge is 0.334 e. The van der Waals surface area contributed by atoms with Gasteiger partial charge in [-0.3, -0.25) is 4.90 Å². The van der Waals surface area contributed by atoms with Crippen LogP contribution in [0.3, 0.4) is 0 Å². The van der Waals surface area contributed by atoms with Crippen molar-refractivity contribution in [3.63, 3.8) is 0 Å². The van der Waals surface area contributed by atoms with Crippen molar-refractivity contribution in [1.29, 1.82) is 0 Å². The lowest BCUT2D eigenvalue weighted by Gasteiger charge is -2.35. The van der Waals surface area contributed by atoms with Crippen molar-refractivity contribution in [1.82, 2.24) is 20.4 Å². The minimum absolute atomic E-state index is 0.187. The maximum absolute atomic E-state index is 13.1. The third-order valence-corrected chi connectivity index (χ3v) is 6.73. The van der Waals surface area contributed by atoms with Crippen LogP contribution >= 0.6 is 22.9 Å². The summed E-state index contributed by atoms with van der Waals surface area (Å²) in [5.41, 5.74) is 4.37. The van der Waals surface area contributed by atoms with Gasteiger partial charge < -0.3 is 9.84 Å². The summed E-state index contributed by atoms with van der Waals surface area (Å²) in [5.74, 6) is 0.862. The monoisotopic (exact) mass is 476 g/mol. The van der Waals surface area contributed by atoms with E-state index in [1.807, 2.05) is 73.8 Å². The molecule has 0 radical (unpaired) electrons. The predicted octanol–water partition coefficient (Wildman–Crippen LogP) is 6.46. The van der Waals surface area contributed by atoms with Gasteiger partial charge in [0.15, 0.2) is 0 Å². The zero-order valence-electron chi connectivity index (χ0n) is 18.1. The van der Waals surface area contributed by atoms with Crippen molar-refractivity contribution in [3.8, 4) is 11.4 Å². The first kappa shape index (κ1) is 21.4. The summed E-state index contributed by atoms with van der Waals surface area (Å²) in [6.45, 7) is 4.40. The van der Waals surface area contributed by atoms with E-state index in [1.54, 1.807) is 22.3 Å². The molecule has 6 nitrogen and oxygen atoms in total. The Kier molecular flexibility index (Phi) is 5.74. The van der Waals surface area contributed by atoms with Gasteiger partial charge in [0.25, 0.3) is 5.89 Å². The summed E-state index contributed by atoms with van der Waals surface area (Å²) in [6, 6.07) is 18.7. The van der Waals surface area contributed by atoms with Crippen molar-refractivity contribution >= 4 is 34.5 Å². The number of hydrogen-bond acceptors (Lipinski definition) is 5. The Bertz CT molecular complexity index is 1330. The molecule has 1 aliphatic rings. The number of hydrogen-bond donors (Lipinski definition) is 1. The number of aromatic nitrogens is 2. The van der Waals surface area contributed by atoms with Gasteiger partial charge in [-0.05, 0) is 43.0 Å². The van der Waals surface area contributed by atoms with E-state index in [0.717, 1.165) is 32.8 Å². The lowest BCUT2D eigenvalue weighted by atomic mass is 9.94. The average molecular weight is 477 g/mol. The Morgan fingerprint density at radius 2 is 1.94 bits per heavy atom. The highest BCUT2D eigenvalue weighted by Gasteiger charge is 2.36. The molecule has 0 saturated heterocycles. The molecule has 2 aromatic carbocycles. The summed E-state index contributed by atoms with van der Waals surface area (Å²) in [7, 11) is 0. The van der Waals surface area contributed by atoms with Crippen LogP contribution in [0.1, 0.15) is 34.9 Å². The standard InChI is InChI=1S/C25H21ClN4O2S/c1-15-8-10-17(11-9-15)23-28-24(32-29-23)21-16(2)30(14-20-7-4-12-33-20)25(31)27-22(21)18-5-3-6-19(26)13-18/h3-13,22H,14H2,1-2H3,(H,27,31). The molecule has 0 bridgehead atoms. The average Bonchev–Trinajstić information content (AvgIpc) is 3.49. The van der Waals surface area contributed by atoms with E-state index in [-0.39, 0.29) is 6.03 Å². The van der Waals surface area contributed by atoms with Crippen LogP contribution in [0.4, 0.5) is 4.79 Å². The highest BCUT2D eigenvalue weighted by Crippen LogP contribution is 2.38. The second-order valence-electron chi connectivity index (χ2n) is 7.89. The predicted molar refractivity (Wildman–Crippen MR) is 130 cm³/mol. The summed E-state index contributed by atoms with van der Waals surface area (Å²) in [5, 5.41) is 9.91. The number of aryl methyl sites for hydroxylation is 1. The zero-order chi connectivity index (χ0) is 22.9. The summed E-state index contributed by atoms with van der Waals surface area (Å²) in [4.78, 5) is 20.6. The fraction of sp³-hybridized carbons (Fsp3) is 0.160. The van der Waals surface area contributed by atoms with Crippen LogP contribution in [-0.2, 0) is 6.54 Å². The van der Waals surface area contributed by atoms with Gasteiger partial charge in [-0.2, -0.15) is 4.98 Å². The van der Waals surface area contributed by atoms with Crippen LogP contribution in [0.25, 0.3) is 17.0 Å². The number of urea groups is 1. The lowest BCUT2D eigenvalue weighted by molar-refractivity contribution is 0.203. The van der Waals surface area contributed by atoms with Crippen LogP contribution in [-0.4, -0.2) is 21.1 Å². The van der Waals surface area contributed by atoms with Crippen LogP contribution in [0, 0.1) is 6.92 Å². The number of benzene rings is 2. The number of allylic oxidation sites excluding steroid dienone is 1. The van der Waals surface area contributed by atoms with E-state index in [0.29, 0.717) is 23.3 Å². The molecule has 33 heavy (non-hydrogen) atoms. The van der Waals surface area contributed by atoms with Gasteiger partial charge in [0.2, 0.25) is 5.82 Å². The third-order valence-electron chi connectivity index (χ3n) is 5.64. The second kappa shape index (κ2) is 8.84. The number of amides is 2. The van der Waals surface area contributed by atoms with Crippen molar-refractivity contribution in [2.75, 3.05) is 0 Å². The molecule has 1 unspecified atom stereocenters. The summed E-state index contributed by atoms with van der Waals surface area (Å²) < 4.78 is 5.73. The van der Waals surface area contributed by atoms with E-state index < -0.39 is 6.04 Å². The highest BCUT2D eigenvalue weighted by molar-refractivity contribution is 7.09. The third kappa shape index (κ3) is 4.29. The smallest absolute Gasteiger partial charge is 0.322 e. The first-order chi connectivity index (χ1) is 16.0. The summed E-state index contributed by atoms with van der Waals surface area (Å²) in [6.07, 6.45) is 0. The molecule has 2 amide bonds. The molecule has 0 saturated carbocycles. The van der Waals surface area contributed by atoms with E-state index in [2.05, 4.69) is 10.5 Å². The fourth-order valence-electron chi connectivity index (χ4n) is 3.90. The van der Waals surface area contributed by atoms with Gasteiger partial charge in [-0.1, -0.05) is 64.8 Å². The molecule has 8 heteroatoms. The molecule has 5 rings (SSSR count). The molecular formula is C25H21ClN4O2S. The molecule has 1 aliphatic heterocycles. The number of rotatable bonds is 5. The molecule has 4 aromatic rings. The summed E-state index contributed by atoms with van der Waals surface area (Å²) >= 11 is 7.87. The first-order valence-corrected chi connectivity index (χ1v) is 11.7. The van der Waals surface area contributed by atoms with E-state index in [4.69, 9.17) is 21.1 Å². The topological polar surface area (TPSA) is 71.3 Å². The van der Waals surface area contributed by atoms with Gasteiger partial charge in [-0.15, -0.1) is 11.3 Å². The Balaban J connectivity index is 1.60. The van der Waals surface area contributed by atoms with Crippen LogP contribution < -0.4 is 5.32 Å². The zero-order valence-corrected chi connectivity index (χ0v) is 19.7. The molecule has 0 fully saturated rings. The Hall–Kier alpha value is -3.42. The normalized spacial score (nSPS) is 16.3. The minimum Gasteiger partial charge on any atom is -0.334 e. The second-order valence-corrected chi connectivity index (χ2v) is 9.36. The van der Waals surface area contributed by atoms with Gasteiger partial charge >= 0.3 is 6.03 Å². The van der Waals surface area contributed by atoms with Gasteiger partial charge in [0.1, 0.15) is 0 Å². The number of thiophene rings is 1.